The molecule has 11 heavy (non-hydrogen) atoms. The molecule has 0 spiro atoms. The zero-order valence-electron chi connectivity index (χ0n) is 5.82. The number of aliphatic hydroxyl groups excluding tert-OH is 1. The molecular weight excluding hydrogens is 144 g/mol. The van der Waals surface area contributed by atoms with Crippen LogP contribution in [0.5, 0.6) is 0 Å². The largest absolute Gasteiger partial charge is 0.508 e. The molecule has 58 valence electrons. The first-order chi connectivity index (χ1) is 5.18. The highest BCUT2D eigenvalue weighted by Gasteiger charge is 2.00. The van der Waals surface area contributed by atoms with Gasteiger partial charge in [0.15, 0.2) is 0 Å². The van der Waals surface area contributed by atoms with Gasteiger partial charge in [0.2, 0.25) is 0 Å². The van der Waals surface area contributed by atoms with Crippen molar-refractivity contribution in [3.05, 3.63) is 35.6 Å². The Labute approximate surface area is 64.0 Å². The molecule has 0 aliphatic heterocycles. The van der Waals surface area contributed by atoms with Crippen molar-refractivity contribution in [1.29, 1.82) is 0 Å². The molecular formula is C8H8O3. The fourth-order valence-electron chi connectivity index (χ4n) is 0.817. The lowest BCUT2D eigenvalue weighted by atomic mass is 10.1. The lowest BCUT2D eigenvalue weighted by molar-refractivity contribution is -0.131. The Balaban J connectivity index is 2.70. The summed E-state index contributed by atoms with van der Waals surface area (Å²) in [4.78, 5) is 10.2. The molecule has 3 nitrogen and oxygen atoms in total. The standard InChI is InChI=1S/C8H8O3/c9-7-3-1-6(2-4-7)5-8(10)11/h1,3-5,9H,2H2,(H,10,11). The Kier molecular flexibility index (Phi) is 2.11. The van der Waals surface area contributed by atoms with E-state index in [1.54, 1.807) is 12.2 Å². The van der Waals surface area contributed by atoms with Gasteiger partial charge in [0.05, 0.1) is 0 Å². The lowest BCUT2D eigenvalue weighted by Crippen LogP contribution is -1.93. The third kappa shape index (κ3) is 2.29. The highest BCUT2D eigenvalue weighted by molar-refractivity contribution is 5.81. The topological polar surface area (TPSA) is 57.5 Å². The summed E-state index contributed by atoms with van der Waals surface area (Å²) in [6.07, 6.45) is 6.23. The van der Waals surface area contributed by atoms with Gasteiger partial charge in [0, 0.05) is 6.08 Å². The van der Waals surface area contributed by atoms with Gasteiger partial charge >= 0.3 is 5.97 Å². The second kappa shape index (κ2) is 3.05. The molecule has 1 aliphatic carbocycles. The maximum atomic E-state index is 10.2. The van der Waals surface area contributed by atoms with Gasteiger partial charge in [-0.05, 0) is 24.1 Å². The number of rotatable bonds is 1. The van der Waals surface area contributed by atoms with Gasteiger partial charge in [-0.15, -0.1) is 0 Å². The molecule has 1 rings (SSSR count). The summed E-state index contributed by atoms with van der Waals surface area (Å²) in [5, 5.41) is 17.2. The number of carboxylic acids is 1. The molecule has 0 radical (unpaired) electrons. The predicted molar refractivity (Wildman–Crippen MR) is 40.2 cm³/mol. The van der Waals surface area contributed by atoms with E-state index in [0.29, 0.717) is 12.0 Å². The van der Waals surface area contributed by atoms with Gasteiger partial charge in [0.25, 0.3) is 0 Å². The van der Waals surface area contributed by atoms with Crippen LogP contribution in [0.4, 0.5) is 0 Å². The second-order valence-corrected chi connectivity index (χ2v) is 2.22. The van der Waals surface area contributed by atoms with Crippen LogP contribution < -0.4 is 0 Å². The van der Waals surface area contributed by atoms with Crippen molar-refractivity contribution in [1.82, 2.24) is 0 Å². The molecule has 0 fully saturated rings. The monoisotopic (exact) mass is 152 g/mol. The second-order valence-electron chi connectivity index (χ2n) is 2.22. The molecule has 0 aromatic rings. The molecule has 0 atom stereocenters. The fourth-order valence-corrected chi connectivity index (χ4v) is 0.817. The van der Waals surface area contributed by atoms with Crippen LogP contribution in [-0.2, 0) is 4.79 Å². The minimum Gasteiger partial charge on any atom is -0.508 e. The summed E-state index contributed by atoms with van der Waals surface area (Å²) in [5.74, 6) is -0.771. The summed E-state index contributed by atoms with van der Waals surface area (Å²) in [7, 11) is 0. The highest BCUT2D eigenvalue weighted by Crippen LogP contribution is 2.12. The molecule has 0 amide bonds. The summed E-state index contributed by atoms with van der Waals surface area (Å²) in [6.45, 7) is 0. The summed E-state index contributed by atoms with van der Waals surface area (Å²) < 4.78 is 0. The van der Waals surface area contributed by atoms with Crippen molar-refractivity contribution in [3.8, 4) is 0 Å². The van der Waals surface area contributed by atoms with E-state index in [0.717, 1.165) is 6.08 Å². The Morgan fingerprint density at radius 2 is 2.27 bits per heavy atom. The molecule has 0 bridgehead atoms. The first kappa shape index (κ1) is 7.60. The lowest BCUT2D eigenvalue weighted by Gasteiger charge is -2.02. The van der Waals surface area contributed by atoms with E-state index >= 15 is 0 Å². The van der Waals surface area contributed by atoms with Crippen molar-refractivity contribution in [2.75, 3.05) is 0 Å². The molecule has 0 heterocycles. The van der Waals surface area contributed by atoms with Crippen LogP contribution in [0.25, 0.3) is 0 Å². The minimum absolute atomic E-state index is 0.188. The first-order valence-corrected chi connectivity index (χ1v) is 3.19. The van der Waals surface area contributed by atoms with Crippen LogP contribution in [0.3, 0.4) is 0 Å². The third-order valence-electron chi connectivity index (χ3n) is 1.32. The van der Waals surface area contributed by atoms with E-state index in [2.05, 4.69) is 0 Å². The van der Waals surface area contributed by atoms with Crippen LogP contribution in [0.15, 0.2) is 35.6 Å². The number of hydrogen-bond acceptors (Lipinski definition) is 2. The van der Waals surface area contributed by atoms with Crippen LogP contribution in [0.1, 0.15) is 6.42 Å². The third-order valence-corrected chi connectivity index (χ3v) is 1.32. The van der Waals surface area contributed by atoms with Gasteiger partial charge in [-0.2, -0.15) is 0 Å². The van der Waals surface area contributed by atoms with E-state index < -0.39 is 5.97 Å². The van der Waals surface area contributed by atoms with Crippen molar-refractivity contribution in [3.63, 3.8) is 0 Å². The Morgan fingerprint density at radius 1 is 1.55 bits per heavy atom. The Morgan fingerprint density at radius 3 is 2.73 bits per heavy atom. The van der Waals surface area contributed by atoms with E-state index in [1.807, 2.05) is 0 Å². The number of hydrogen-bond donors (Lipinski definition) is 2. The molecule has 0 unspecified atom stereocenters. The number of carbonyl (C=O) groups is 1. The molecule has 2 N–H and O–H groups in total. The van der Waals surface area contributed by atoms with Crippen molar-refractivity contribution < 1.29 is 15.0 Å². The van der Waals surface area contributed by atoms with E-state index in [4.69, 9.17) is 10.2 Å². The average molecular weight is 152 g/mol. The zero-order valence-corrected chi connectivity index (χ0v) is 5.82. The number of aliphatic hydroxyl groups is 1. The Bertz CT molecular complexity index is 259. The predicted octanol–water partition coefficient (Wildman–Crippen LogP) is 1.40. The number of aliphatic carboxylic acids is 1. The maximum Gasteiger partial charge on any atom is 0.328 e. The number of carboxylic acid groups (broad SMARTS) is 1. The number of allylic oxidation sites excluding steroid dienone is 4. The maximum absolute atomic E-state index is 10.2. The Hall–Kier alpha value is -1.51. The van der Waals surface area contributed by atoms with Gasteiger partial charge in [-0.3, -0.25) is 0 Å². The fraction of sp³-hybridized carbons (Fsp3) is 0.125. The van der Waals surface area contributed by atoms with E-state index in [-0.39, 0.29) is 5.76 Å². The highest BCUT2D eigenvalue weighted by atomic mass is 16.4. The zero-order chi connectivity index (χ0) is 8.27. The van der Waals surface area contributed by atoms with Gasteiger partial charge < -0.3 is 10.2 Å². The average Bonchev–Trinajstić information content (AvgIpc) is 1.93. The summed E-state index contributed by atoms with van der Waals surface area (Å²) in [6, 6.07) is 0. The molecule has 1 aliphatic rings. The van der Waals surface area contributed by atoms with Crippen molar-refractivity contribution in [2.24, 2.45) is 0 Å². The van der Waals surface area contributed by atoms with Crippen LogP contribution in [-0.4, -0.2) is 16.2 Å². The van der Waals surface area contributed by atoms with Gasteiger partial charge in [-0.25, -0.2) is 4.79 Å². The molecule has 3 heteroatoms. The van der Waals surface area contributed by atoms with E-state index in [1.165, 1.54) is 6.08 Å². The van der Waals surface area contributed by atoms with Crippen LogP contribution in [0.2, 0.25) is 0 Å². The van der Waals surface area contributed by atoms with Crippen molar-refractivity contribution in [2.45, 2.75) is 6.42 Å². The van der Waals surface area contributed by atoms with Gasteiger partial charge in [-0.1, -0.05) is 6.08 Å². The molecule has 0 saturated heterocycles. The van der Waals surface area contributed by atoms with E-state index in [9.17, 15) is 4.79 Å². The first-order valence-electron chi connectivity index (χ1n) is 3.19. The quantitative estimate of drug-likeness (QED) is 0.558. The molecule has 0 saturated carbocycles. The summed E-state index contributed by atoms with van der Waals surface area (Å²) >= 11 is 0. The van der Waals surface area contributed by atoms with Crippen molar-refractivity contribution >= 4 is 5.97 Å². The molecule has 0 aromatic heterocycles. The smallest absolute Gasteiger partial charge is 0.328 e. The molecule has 0 aromatic carbocycles. The summed E-state index contributed by atoms with van der Waals surface area (Å²) in [5.41, 5.74) is 0.690. The van der Waals surface area contributed by atoms with Crippen LogP contribution in [0, 0.1) is 0 Å². The SMILES string of the molecule is O=C(O)C=C1C=CC(O)=CC1. The van der Waals surface area contributed by atoms with Gasteiger partial charge in [0.1, 0.15) is 5.76 Å². The normalized spacial score (nSPS) is 20.0. The minimum atomic E-state index is -0.959. The van der Waals surface area contributed by atoms with Crippen LogP contribution >= 0.6 is 0 Å².